The van der Waals surface area contributed by atoms with Gasteiger partial charge < -0.3 is 4.74 Å². The lowest BCUT2D eigenvalue weighted by atomic mass is 9.90. The van der Waals surface area contributed by atoms with Crippen LogP contribution in [0.2, 0.25) is 5.02 Å². The van der Waals surface area contributed by atoms with Gasteiger partial charge in [-0.15, -0.1) is 0 Å². The summed E-state index contributed by atoms with van der Waals surface area (Å²) < 4.78 is 99.3. The third-order valence-electron chi connectivity index (χ3n) is 5.19. The molecule has 0 amide bonds. The van der Waals surface area contributed by atoms with E-state index in [1.807, 2.05) is 0 Å². The van der Waals surface area contributed by atoms with E-state index in [0.29, 0.717) is 23.3 Å². The Balaban J connectivity index is 2.09. The van der Waals surface area contributed by atoms with Crippen molar-refractivity contribution in [2.45, 2.75) is 31.9 Å². The van der Waals surface area contributed by atoms with E-state index in [1.54, 1.807) is 6.07 Å². The third-order valence-corrected chi connectivity index (χ3v) is 5.52. The maximum atomic E-state index is 14.5. The first kappa shape index (κ1) is 25.5. The lowest BCUT2D eigenvalue weighted by molar-refractivity contribution is -0.348. The van der Waals surface area contributed by atoms with E-state index in [-0.39, 0.29) is 27.4 Å². The number of esters is 1. The molecular formula is C22H16ClF7N2O2. The molecule has 0 aliphatic carbocycles. The van der Waals surface area contributed by atoms with E-state index in [1.165, 1.54) is 50.2 Å². The van der Waals surface area contributed by atoms with E-state index in [9.17, 15) is 35.5 Å². The summed E-state index contributed by atoms with van der Waals surface area (Å²) in [6.07, 6.45) is -9.59. The minimum absolute atomic E-state index is 0.0634. The van der Waals surface area contributed by atoms with E-state index in [2.05, 4.69) is 9.84 Å². The molecule has 0 aliphatic heterocycles. The van der Waals surface area contributed by atoms with Crippen molar-refractivity contribution in [3.63, 3.8) is 0 Å². The molecule has 0 fully saturated rings. The molecule has 12 heteroatoms. The fraction of sp³-hybridized carbons (Fsp3) is 0.273. The first-order chi connectivity index (χ1) is 15.6. The molecule has 1 aromatic heterocycles. The minimum atomic E-state index is -6.21. The van der Waals surface area contributed by atoms with Crippen molar-refractivity contribution >= 4 is 17.6 Å². The van der Waals surface area contributed by atoms with Crippen molar-refractivity contribution in [2.75, 3.05) is 7.11 Å². The van der Waals surface area contributed by atoms with Crippen LogP contribution < -0.4 is 0 Å². The van der Waals surface area contributed by atoms with Crippen molar-refractivity contribution < 1.29 is 40.3 Å². The van der Waals surface area contributed by atoms with E-state index in [4.69, 9.17) is 11.6 Å². The number of alkyl halides is 7. The maximum absolute atomic E-state index is 14.5. The van der Waals surface area contributed by atoms with Crippen LogP contribution in [0.3, 0.4) is 0 Å². The van der Waals surface area contributed by atoms with Crippen molar-refractivity contribution in [3.05, 3.63) is 70.0 Å². The van der Waals surface area contributed by atoms with Crippen LogP contribution in [0, 0.1) is 13.8 Å². The van der Waals surface area contributed by atoms with Gasteiger partial charge in [-0.05, 0) is 42.7 Å². The zero-order valence-electron chi connectivity index (χ0n) is 17.8. The first-order valence-corrected chi connectivity index (χ1v) is 9.87. The molecule has 182 valence electrons. The number of hydrogen-bond acceptors (Lipinski definition) is 3. The number of carbonyl (C=O) groups is 1. The zero-order chi connectivity index (χ0) is 25.6. The van der Waals surface area contributed by atoms with Gasteiger partial charge in [0, 0.05) is 17.3 Å². The Bertz CT molecular complexity index is 1210. The normalized spacial score (nSPS) is 12.7. The predicted molar refractivity (Wildman–Crippen MR) is 110 cm³/mol. The molecule has 0 N–H and O–H groups in total. The highest BCUT2D eigenvalue weighted by molar-refractivity contribution is 6.33. The molecule has 0 atom stereocenters. The Morgan fingerprint density at radius 2 is 1.50 bits per heavy atom. The molecule has 34 heavy (non-hydrogen) atoms. The molecule has 0 saturated carbocycles. The van der Waals surface area contributed by atoms with Gasteiger partial charge >= 0.3 is 24.0 Å². The second-order valence-corrected chi connectivity index (χ2v) is 7.88. The average Bonchev–Trinajstić information content (AvgIpc) is 3.20. The molecule has 3 rings (SSSR count). The van der Waals surface area contributed by atoms with Crippen molar-refractivity contribution in [2.24, 2.45) is 0 Å². The second-order valence-electron chi connectivity index (χ2n) is 7.47. The largest absolute Gasteiger partial charge is 0.465 e. The highest BCUT2D eigenvalue weighted by Gasteiger charge is 2.73. The highest BCUT2D eigenvalue weighted by atomic mass is 35.5. The summed E-state index contributed by atoms with van der Waals surface area (Å²) in [7, 11) is 1.18. The molecule has 0 spiro atoms. The van der Waals surface area contributed by atoms with Gasteiger partial charge in [0.2, 0.25) is 0 Å². The number of benzene rings is 2. The Labute approximate surface area is 193 Å². The monoisotopic (exact) mass is 508 g/mol. The number of methoxy groups -OCH3 is 1. The molecule has 0 radical (unpaired) electrons. The number of carbonyl (C=O) groups excluding carboxylic acids is 1. The van der Waals surface area contributed by atoms with Crippen molar-refractivity contribution in [1.82, 2.24) is 9.78 Å². The molecule has 1 heterocycles. The number of ether oxygens (including phenoxy) is 1. The summed E-state index contributed by atoms with van der Waals surface area (Å²) in [5.41, 5.74) is -6.00. The molecule has 0 saturated heterocycles. The topological polar surface area (TPSA) is 44.1 Å². The smallest absolute Gasteiger partial charge is 0.435 e. The van der Waals surface area contributed by atoms with Crippen LogP contribution in [-0.2, 0) is 10.4 Å². The Hall–Kier alpha value is -3.08. The van der Waals surface area contributed by atoms with Gasteiger partial charge in [-0.1, -0.05) is 29.8 Å². The van der Waals surface area contributed by atoms with Crippen molar-refractivity contribution in [3.8, 4) is 16.8 Å². The summed E-state index contributed by atoms with van der Waals surface area (Å²) in [5, 5.41) is 4.27. The van der Waals surface area contributed by atoms with Gasteiger partial charge in [0.1, 0.15) is 0 Å². The van der Waals surface area contributed by atoms with Crippen LogP contribution in [0.15, 0.2) is 42.7 Å². The lowest BCUT2D eigenvalue weighted by Gasteiger charge is -2.31. The second kappa shape index (κ2) is 8.61. The van der Waals surface area contributed by atoms with Crippen LogP contribution in [0.5, 0.6) is 0 Å². The van der Waals surface area contributed by atoms with Gasteiger partial charge in [0.15, 0.2) is 0 Å². The molecule has 4 nitrogen and oxygen atoms in total. The number of aromatic nitrogens is 2. The van der Waals surface area contributed by atoms with Crippen LogP contribution in [-0.4, -0.2) is 35.2 Å². The fourth-order valence-corrected chi connectivity index (χ4v) is 3.76. The van der Waals surface area contributed by atoms with Crippen LogP contribution >= 0.6 is 11.6 Å². The fourth-order valence-electron chi connectivity index (χ4n) is 3.57. The zero-order valence-corrected chi connectivity index (χ0v) is 18.5. The quantitative estimate of drug-likeness (QED) is 0.285. The summed E-state index contributed by atoms with van der Waals surface area (Å²) in [6.45, 7) is 2.50. The molecule has 0 aliphatic rings. The molecular weight excluding hydrogens is 493 g/mol. The number of aryl methyl sites for hydroxylation is 2. The Morgan fingerprint density at radius 1 is 0.941 bits per heavy atom. The highest BCUT2D eigenvalue weighted by Crippen LogP contribution is 2.53. The van der Waals surface area contributed by atoms with Crippen LogP contribution in [0.1, 0.15) is 27.0 Å². The number of hydrogen-bond donors (Lipinski definition) is 0. The molecule has 3 aromatic rings. The molecule has 2 aromatic carbocycles. The average molecular weight is 509 g/mol. The lowest BCUT2D eigenvalue weighted by Crippen LogP contribution is -2.50. The first-order valence-electron chi connectivity index (χ1n) is 9.49. The minimum Gasteiger partial charge on any atom is -0.465 e. The van der Waals surface area contributed by atoms with Gasteiger partial charge in [0.05, 0.1) is 29.6 Å². The van der Waals surface area contributed by atoms with Crippen LogP contribution in [0.25, 0.3) is 16.8 Å². The van der Waals surface area contributed by atoms with Gasteiger partial charge in [-0.25, -0.2) is 13.9 Å². The Kier molecular flexibility index (Phi) is 6.47. The Morgan fingerprint density at radius 3 is 2.00 bits per heavy atom. The van der Waals surface area contributed by atoms with E-state index < -0.39 is 29.6 Å². The summed E-state index contributed by atoms with van der Waals surface area (Å²) in [5.74, 6) is -0.675. The number of nitrogens with zero attached hydrogens (tertiary/aromatic N) is 2. The third kappa shape index (κ3) is 4.24. The summed E-state index contributed by atoms with van der Waals surface area (Å²) in [4.78, 5) is 11.9. The number of halogens is 8. The van der Waals surface area contributed by atoms with Gasteiger partial charge in [-0.2, -0.15) is 31.4 Å². The molecule has 0 unspecified atom stereocenters. The van der Waals surface area contributed by atoms with Gasteiger partial charge in [-0.3, -0.25) is 0 Å². The predicted octanol–water partition coefficient (Wildman–Crippen LogP) is 6.89. The van der Waals surface area contributed by atoms with Crippen molar-refractivity contribution in [1.29, 1.82) is 0 Å². The summed E-state index contributed by atoms with van der Waals surface area (Å²) >= 11 is 6.00. The number of rotatable bonds is 4. The van der Waals surface area contributed by atoms with Gasteiger partial charge in [0.25, 0.3) is 0 Å². The maximum Gasteiger partial charge on any atom is 0.435 e. The van der Waals surface area contributed by atoms with E-state index >= 15 is 0 Å². The van der Waals surface area contributed by atoms with E-state index in [0.717, 1.165) is 0 Å². The standard InChI is InChI=1S/C22H16ClF7N2O2/c1-11-6-15(20(24,21(25,26)27)22(28,29)30)7-12(2)18(11)32-10-14(9-31-32)13-4-5-17(23)16(8-13)19(33)34-3/h4-10H,1-3H3. The molecule has 0 bridgehead atoms. The SMILES string of the molecule is COC(=O)c1cc(-c2cnn(-c3c(C)cc(C(F)(C(F)(F)F)C(F)(F)F)cc3C)c2)ccc1Cl. The van der Waals surface area contributed by atoms with Crippen LogP contribution in [0.4, 0.5) is 30.7 Å². The summed E-state index contributed by atoms with van der Waals surface area (Å²) in [6, 6.07) is 5.50.